The summed E-state index contributed by atoms with van der Waals surface area (Å²) in [6, 6.07) is 5.81. The predicted octanol–water partition coefficient (Wildman–Crippen LogP) is 2.71. The molecule has 0 atom stereocenters. The van der Waals surface area contributed by atoms with Gasteiger partial charge >= 0.3 is 0 Å². The molecule has 2 aromatic rings. The Morgan fingerprint density at radius 3 is 3.14 bits per heavy atom. The summed E-state index contributed by atoms with van der Waals surface area (Å²) < 4.78 is 11.1. The number of hydrogen-bond acceptors (Lipinski definition) is 3. The van der Waals surface area contributed by atoms with E-state index in [0.717, 1.165) is 20.1 Å². The first-order valence-electron chi connectivity index (χ1n) is 4.03. The minimum atomic E-state index is 0.260. The molecule has 0 unspecified atom stereocenters. The zero-order chi connectivity index (χ0) is 9.97. The maximum atomic E-state index is 10.1. The SMILES string of the molecule is O=COCc1coc2cccc(I)c12. The normalized spacial score (nSPS) is 10.4. The van der Waals surface area contributed by atoms with Crippen LogP contribution < -0.4 is 0 Å². The Morgan fingerprint density at radius 1 is 1.50 bits per heavy atom. The largest absolute Gasteiger partial charge is 0.464 e. The molecule has 0 saturated heterocycles. The van der Waals surface area contributed by atoms with Crippen LogP contribution in [0.5, 0.6) is 0 Å². The maximum Gasteiger partial charge on any atom is 0.293 e. The van der Waals surface area contributed by atoms with Gasteiger partial charge in [0.05, 0.1) is 6.26 Å². The first-order valence-corrected chi connectivity index (χ1v) is 5.10. The third kappa shape index (κ3) is 1.61. The summed E-state index contributed by atoms with van der Waals surface area (Å²) >= 11 is 2.23. The molecule has 0 amide bonds. The fraction of sp³-hybridized carbons (Fsp3) is 0.100. The molecule has 1 aromatic carbocycles. The number of carbonyl (C=O) groups is 1. The molecule has 0 bridgehead atoms. The van der Waals surface area contributed by atoms with Crippen LogP contribution in [0.15, 0.2) is 28.9 Å². The average Bonchev–Trinajstić information content (AvgIpc) is 2.59. The van der Waals surface area contributed by atoms with Gasteiger partial charge in [-0.3, -0.25) is 4.79 Å². The van der Waals surface area contributed by atoms with Crippen LogP contribution in [-0.2, 0) is 16.1 Å². The molecular weight excluding hydrogens is 295 g/mol. The highest BCUT2D eigenvalue weighted by molar-refractivity contribution is 14.1. The lowest BCUT2D eigenvalue weighted by Gasteiger charge is -1.97. The van der Waals surface area contributed by atoms with E-state index in [1.807, 2.05) is 18.2 Å². The maximum absolute atomic E-state index is 10.1. The lowest BCUT2D eigenvalue weighted by molar-refractivity contribution is -0.129. The lowest BCUT2D eigenvalue weighted by Crippen LogP contribution is -1.89. The zero-order valence-electron chi connectivity index (χ0n) is 7.20. The van der Waals surface area contributed by atoms with Crippen molar-refractivity contribution in [3.05, 3.63) is 33.6 Å². The monoisotopic (exact) mass is 302 g/mol. The Bertz CT molecular complexity index is 461. The Balaban J connectivity index is 2.50. The first kappa shape index (κ1) is 9.51. The number of carbonyl (C=O) groups excluding carboxylic acids is 1. The van der Waals surface area contributed by atoms with Crippen molar-refractivity contribution in [2.75, 3.05) is 0 Å². The van der Waals surface area contributed by atoms with Gasteiger partial charge in [0.1, 0.15) is 12.2 Å². The van der Waals surface area contributed by atoms with E-state index >= 15 is 0 Å². The summed E-state index contributed by atoms with van der Waals surface area (Å²) in [5.74, 6) is 0. The van der Waals surface area contributed by atoms with E-state index < -0.39 is 0 Å². The Labute approximate surface area is 94.2 Å². The first-order chi connectivity index (χ1) is 6.83. The van der Waals surface area contributed by atoms with Gasteiger partial charge in [-0.25, -0.2) is 0 Å². The van der Waals surface area contributed by atoms with Crippen molar-refractivity contribution in [3.63, 3.8) is 0 Å². The summed E-state index contributed by atoms with van der Waals surface area (Å²) in [7, 11) is 0. The van der Waals surface area contributed by atoms with Gasteiger partial charge in [0.15, 0.2) is 0 Å². The molecule has 14 heavy (non-hydrogen) atoms. The minimum Gasteiger partial charge on any atom is -0.464 e. The molecule has 0 fully saturated rings. The number of ether oxygens (including phenoxy) is 1. The standard InChI is InChI=1S/C10H7IO3/c11-8-2-1-3-9-10(8)7(5-14-9)4-13-6-12/h1-3,5-6H,4H2. The van der Waals surface area contributed by atoms with Gasteiger partial charge in [0.25, 0.3) is 6.47 Å². The second kappa shape index (κ2) is 4.00. The molecule has 4 heteroatoms. The van der Waals surface area contributed by atoms with Crippen LogP contribution in [0.4, 0.5) is 0 Å². The van der Waals surface area contributed by atoms with E-state index in [4.69, 9.17) is 9.15 Å². The fourth-order valence-corrected chi connectivity index (χ4v) is 2.16. The Morgan fingerprint density at radius 2 is 2.36 bits per heavy atom. The Hall–Kier alpha value is -1.04. The fourth-order valence-electron chi connectivity index (χ4n) is 1.34. The summed E-state index contributed by atoms with van der Waals surface area (Å²) in [5.41, 5.74) is 1.72. The summed E-state index contributed by atoms with van der Waals surface area (Å²) in [6.45, 7) is 0.700. The molecule has 0 aliphatic rings. The molecule has 0 aliphatic heterocycles. The van der Waals surface area contributed by atoms with Crippen molar-refractivity contribution < 1.29 is 13.9 Å². The zero-order valence-corrected chi connectivity index (χ0v) is 9.35. The molecule has 2 rings (SSSR count). The van der Waals surface area contributed by atoms with E-state index in [1.165, 1.54) is 0 Å². The Kier molecular flexibility index (Phi) is 2.72. The van der Waals surface area contributed by atoms with Gasteiger partial charge in [-0.15, -0.1) is 0 Å². The highest BCUT2D eigenvalue weighted by atomic mass is 127. The molecule has 0 spiro atoms. The molecule has 0 radical (unpaired) electrons. The second-order valence-electron chi connectivity index (χ2n) is 2.78. The van der Waals surface area contributed by atoms with Crippen molar-refractivity contribution >= 4 is 40.0 Å². The molecular formula is C10H7IO3. The lowest BCUT2D eigenvalue weighted by atomic mass is 10.2. The van der Waals surface area contributed by atoms with E-state index in [-0.39, 0.29) is 6.61 Å². The van der Waals surface area contributed by atoms with Crippen LogP contribution in [0.2, 0.25) is 0 Å². The van der Waals surface area contributed by atoms with Crippen LogP contribution >= 0.6 is 22.6 Å². The third-order valence-electron chi connectivity index (χ3n) is 1.93. The molecule has 0 saturated carbocycles. The smallest absolute Gasteiger partial charge is 0.293 e. The summed E-state index contributed by atoms with van der Waals surface area (Å²) in [4.78, 5) is 10.1. The number of hydrogen-bond donors (Lipinski definition) is 0. The van der Waals surface area contributed by atoms with Crippen LogP contribution in [0, 0.1) is 3.57 Å². The van der Waals surface area contributed by atoms with Gasteiger partial charge in [-0.05, 0) is 34.7 Å². The van der Waals surface area contributed by atoms with Gasteiger partial charge < -0.3 is 9.15 Å². The third-order valence-corrected chi connectivity index (χ3v) is 2.83. The number of furan rings is 1. The van der Waals surface area contributed by atoms with E-state index in [1.54, 1.807) is 6.26 Å². The topological polar surface area (TPSA) is 39.4 Å². The quantitative estimate of drug-likeness (QED) is 0.646. The van der Waals surface area contributed by atoms with Gasteiger partial charge in [-0.1, -0.05) is 6.07 Å². The van der Waals surface area contributed by atoms with Crippen molar-refractivity contribution in [1.29, 1.82) is 0 Å². The van der Waals surface area contributed by atoms with Crippen molar-refractivity contribution in [2.45, 2.75) is 6.61 Å². The number of fused-ring (bicyclic) bond motifs is 1. The van der Waals surface area contributed by atoms with Crippen LogP contribution in [0.25, 0.3) is 11.0 Å². The van der Waals surface area contributed by atoms with E-state index in [2.05, 4.69) is 22.6 Å². The average molecular weight is 302 g/mol. The van der Waals surface area contributed by atoms with Gasteiger partial charge in [-0.2, -0.15) is 0 Å². The minimum absolute atomic E-state index is 0.260. The molecule has 1 aromatic heterocycles. The summed E-state index contributed by atoms with van der Waals surface area (Å²) in [6.07, 6.45) is 1.62. The van der Waals surface area contributed by atoms with Crippen LogP contribution in [0.1, 0.15) is 5.56 Å². The number of rotatable bonds is 3. The van der Waals surface area contributed by atoms with Crippen LogP contribution in [-0.4, -0.2) is 6.47 Å². The van der Waals surface area contributed by atoms with E-state index in [9.17, 15) is 4.79 Å². The summed E-state index contributed by atoms with van der Waals surface area (Å²) in [5, 5.41) is 1.02. The van der Waals surface area contributed by atoms with Gasteiger partial charge in [0, 0.05) is 14.5 Å². The van der Waals surface area contributed by atoms with Crippen LogP contribution in [0.3, 0.4) is 0 Å². The highest BCUT2D eigenvalue weighted by Crippen LogP contribution is 2.26. The van der Waals surface area contributed by atoms with E-state index in [0.29, 0.717) is 6.47 Å². The van der Waals surface area contributed by atoms with Gasteiger partial charge in [0.2, 0.25) is 0 Å². The molecule has 72 valence electrons. The number of benzene rings is 1. The van der Waals surface area contributed by atoms with Crippen molar-refractivity contribution in [2.24, 2.45) is 0 Å². The number of halogens is 1. The highest BCUT2D eigenvalue weighted by Gasteiger charge is 2.08. The molecule has 1 heterocycles. The molecule has 0 aliphatic carbocycles. The molecule has 3 nitrogen and oxygen atoms in total. The molecule has 0 N–H and O–H groups in total. The second-order valence-corrected chi connectivity index (χ2v) is 3.94. The predicted molar refractivity (Wildman–Crippen MR) is 59.8 cm³/mol. The van der Waals surface area contributed by atoms with Crippen molar-refractivity contribution in [1.82, 2.24) is 0 Å². The van der Waals surface area contributed by atoms with Crippen molar-refractivity contribution in [3.8, 4) is 0 Å².